The van der Waals surface area contributed by atoms with Gasteiger partial charge in [-0.05, 0) is 19.4 Å². The molecule has 0 unspecified atom stereocenters. The second-order valence-corrected chi connectivity index (χ2v) is 3.02. The van der Waals surface area contributed by atoms with E-state index < -0.39 is 5.97 Å². The maximum atomic E-state index is 10.6. The number of ether oxygens (including phenoxy) is 1. The van der Waals surface area contributed by atoms with Crippen molar-refractivity contribution in [3.63, 3.8) is 0 Å². The van der Waals surface area contributed by atoms with Crippen LogP contribution in [0, 0.1) is 0 Å². The molecule has 0 amide bonds. The number of carbonyl (C=O) groups is 1. The molecule has 1 heterocycles. The van der Waals surface area contributed by atoms with Gasteiger partial charge in [0.1, 0.15) is 0 Å². The molecule has 4 nitrogen and oxygen atoms in total. The summed E-state index contributed by atoms with van der Waals surface area (Å²) < 4.78 is 5.38. The Morgan fingerprint density at radius 1 is 1.71 bits per heavy atom. The molecule has 0 saturated heterocycles. The molecule has 0 bridgehead atoms. The molecular formula is C10H13NO3. The number of hydrogen-bond acceptors (Lipinski definition) is 3. The summed E-state index contributed by atoms with van der Waals surface area (Å²) in [5, 5.41) is 8.72. The van der Waals surface area contributed by atoms with Gasteiger partial charge in [0.2, 0.25) is 5.88 Å². The van der Waals surface area contributed by atoms with Crippen molar-refractivity contribution in [3.8, 4) is 5.88 Å². The highest BCUT2D eigenvalue weighted by Crippen LogP contribution is 2.11. The van der Waals surface area contributed by atoms with Crippen LogP contribution in [0.3, 0.4) is 0 Å². The van der Waals surface area contributed by atoms with Crippen LogP contribution in [0.25, 0.3) is 0 Å². The Hall–Kier alpha value is -1.58. The lowest BCUT2D eigenvalue weighted by atomic mass is 10.2. The summed E-state index contributed by atoms with van der Waals surface area (Å²) in [6.45, 7) is 3.90. The van der Waals surface area contributed by atoms with E-state index >= 15 is 0 Å². The van der Waals surface area contributed by atoms with E-state index in [1.165, 1.54) is 18.3 Å². The van der Waals surface area contributed by atoms with Gasteiger partial charge in [0.15, 0.2) is 0 Å². The number of nitrogens with zero attached hydrogens (tertiary/aromatic N) is 1. The first-order valence-corrected chi connectivity index (χ1v) is 4.49. The molecule has 1 rings (SSSR count). The third-order valence-electron chi connectivity index (χ3n) is 1.88. The predicted molar refractivity (Wildman–Crippen MR) is 51.6 cm³/mol. The van der Waals surface area contributed by atoms with E-state index in [1.807, 2.05) is 13.8 Å². The third kappa shape index (κ3) is 2.73. The average Bonchev–Trinajstić information content (AvgIpc) is 2.18. The zero-order chi connectivity index (χ0) is 10.6. The maximum Gasteiger partial charge on any atom is 0.335 e. The van der Waals surface area contributed by atoms with Gasteiger partial charge in [-0.25, -0.2) is 9.78 Å². The van der Waals surface area contributed by atoms with Crippen LogP contribution in [-0.4, -0.2) is 22.2 Å². The van der Waals surface area contributed by atoms with Gasteiger partial charge in [0, 0.05) is 12.3 Å². The van der Waals surface area contributed by atoms with Crippen LogP contribution in [0.5, 0.6) is 5.88 Å². The van der Waals surface area contributed by atoms with Crippen molar-refractivity contribution >= 4 is 5.97 Å². The zero-order valence-corrected chi connectivity index (χ0v) is 8.23. The Bertz CT molecular complexity index is 325. The Morgan fingerprint density at radius 3 is 3.00 bits per heavy atom. The van der Waals surface area contributed by atoms with Gasteiger partial charge in [-0.3, -0.25) is 0 Å². The highest BCUT2D eigenvalue weighted by Gasteiger charge is 2.06. The van der Waals surface area contributed by atoms with Crippen LogP contribution in [0.4, 0.5) is 0 Å². The van der Waals surface area contributed by atoms with Crippen LogP contribution < -0.4 is 4.74 Å². The number of aromatic carboxylic acids is 1. The minimum absolute atomic E-state index is 0.0477. The summed E-state index contributed by atoms with van der Waals surface area (Å²) in [5.41, 5.74) is 0.193. The molecule has 0 aliphatic heterocycles. The molecule has 0 saturated carbocycles. The molecule has 1 atom stereocenters. The van der Waals surface area contributed by atoms with Crippen molar-refractivity contribution in [2.24, 2.45) is 0 Å². The van der Waals surface area contributed by atoms with E-state index in [2.05, 4.69) is 4.98 Å². The van der Waals surface area contributed by atoms with E-state index in [0.717, 1.165) is 6.42 Å². The SMILES string of the molecule is CC[C@@H](C)Oc1cc(C(=O)O)ccn1. The summed E-state index contributed by atoms with van der Waals surface area (Å²) in [6.07, 6.45) is 2.34. The summed E-state index contributed by atoms with van der Waals surface area (Å²) in [4.78, 5) is 14.5. The molecule has 0 aromatic carbocycles. The number of pyridine rings is 1. The van der Waals surface area contributed by atoms with Crippen molar-refractivity contribution in [2.75, 3.05) is 0 Å². The van der Waals surface area contributed by atoms with Crippen LogP contribution in [0.15, 0.2) is 18.3 Å². The highest BCUT2D eigenvalue weighted by molar-refractivity contribution is 5.87. The molecule has 76 valence electrons. The van der Waals surface area contributed by atoms with Crippen LogP contribution in [0.1, 0.15) is 30.6 Å². The zero-order valence-electron chi connectivity index (χ0n) is 8.23. The summed E-state index contributed by atoms with van der Waals surface area (Å²) in [7, 11) is 0. The number of carboxylic acid groups (broad SMARTS) is 1. The smallest absolute Gasteiger partial charge is 0.335 e. The Labute approximate surface area is 82.5 Å². The molecule has 1 aromatic rings. The first kappa shape index (κ1) is 10.5. The number of hydrogen-bond donors (Lipinski definition) is 1. The van der Waals surface area contributed by atoms with E-state index in [4.69, 9.17) is 9.84 Å². The molecular weight excluding hydrogens is 182 g/mol. The molecule has 0 fully saturated rings. The quantitative estimate of drug-likeness (QED) is 0.797. The average molecular weight is 195 g/mol. The van der Waals surface area contributed by atoms with Crippen LogP contribution in [0.2, 0.25) is 0 Å². The van der Waals surface area contributed by atoms with Crippen molar-refractivity contribution in [3.05, 3.63) is 23.9 Å². The fourth-order valence-corrected chi connectivity index (χ4v) is 0.896. The first-order chi connectivity index (χ1) is 6.63. The molecule has 1 aromatic heterocycles. The van der Waals surface area contributed by atoms with Gasteiger partial charge in [-0.1, -0.05) is 6.92 Å². The lowest BCUT2D eigenvalue weighted by molar-refractivity contribution is 0.0695. The molecule has 0 aliphatic rings. The summed E-state index contributed by atoms with van der Waals surface area (Å²) >= 11 is 0. The predicted octanol–water partition coefficient (Wildman–Crippen LogP) is 1.96. The van der Waals surface area contributed by atoms with Gasteiger partial charge in [0.25, 0.3) is 0 Å². The van der Waals surface area contributed by atoms with E-state index in [0.29, 0.717) is 5.88 Å². The largest absolute Gasteiger partial charge is 0.478 e. The maximum absolute atomic E-state index is 10.6. The Balaban J connectivity index is 2.78. The van der Waals surface area contributed by atoms with Crippen molar-refractivity contribution in [1.82, 2.24) is 4.98 Å². The van der Waals surface area contributed by atoms with Gasteiger partial charge in [0.05, 0.1) is 11.7 Å². The monoisotopic (exact) mass is 195 g/mol. The second-order valence-electron chi connectivity index (χ2n) is 3.02. The van der Waals surface area contributed by atoms with Crippen molar-refractivity contribution in [2.45, 2.75) is 26.4 Å². The van der Waals surface area contributed by atoms with Gasteiger partial charge >= 0.3 is 5.97 Å². The molecule has 14 heavy (non-hydrogen) atoms. The van der Waals surface area contributed by atoms with Gasteiger partial charge < -0.3 is 9.84 Å². The lowest BCUT2D eigenvalue weighted by Gasteiger charge is -2.11. The first-order valence-electron chi connectivity index (χ1n) is 4.49. The fraction of sp³-hybridized carbons (Fsp3) is 0.400. The molecule has 0 radical (unpaired) electrons. The van der Waals surface area contributed by atoms with Gasteiger partial charge in [-0.15, -0.1) is 0 Å². The number of aromatic nitrogens is 1. The Morgan fingerprint density at radius 2 is 2.43 bits per heavy atom. The highest BCUT2D eigenvalue weighted by atomic mass is 16.5. The summed E-state index contributed by atoms with van der Waals surface area (Å²) in [6, 6.07) is 2.86. The Kier molecular flexibility index (Phi) is 3.45. The summed E-state index contributed by atoms with van der Waals surface area (Å²) in [5.74, 6) is -0.611. The molecule has 0 aliphatic carbocycles. The normalized spacial score (nSPS) is 12.1. The third-order valence-corrected chi connectivity index (χ3v) is 1.88. The van der Waals surface area contributed by atoms with Crippen LogP contribution >= 0.6 is 0 Å². The topological polar surface area (TPSA) is 59.4 Å². The number of carboxylic acids is 1. The molecule has 1 N–H and O–H groups in total. The van der Waals surface area contributed by atoms with E-state index in [1.54, 1.807) is 0 Å². The van der Waals surface area contributed by atoms with Crippen molar-refractivity contribution < 1.29 is 14.6 Å². The van der Waals surface area contributed by atoms with Gasteiger partial charge in [-0.2, -0.15) is 0 Å². The molecule has 0 spiro atoms. The van der Waals surface area contributed by atoms with Crippen molar-refractivity contribution in [1.29, 1.82) is 0 Å². The standard InChI is InChI=1S/C10H13NO3/c1-3-7(2)14-9-6-8(10(12)13)4-5-11-9/h4-7H,3H2,1-2H3,(H,12,13)/t7-/m1/s1. The lowest BCUT2D eigenvalue weighted by Crippen LogP contribution is -2.11. The number of rotatable bonds is 4. The van der Waals surface area contributed by atoms with E-state index in [9.17, 15) is 4.79 Å². The molecule has 4 heteroatoms. The van der Waals surface area contributed by atoms with Crippen LogP contribution in [-0.2, 0) is 0 Å². The minimum Gasteiger partial charge on any atom is -0.478 e. The van der Waals surface area contributed by atoms with E-state index in [-0.39, 0.29) is 11.7 Å². The fourth-order valence-electron chi connectivity index (χ4n) is 0.896. The minimum atomic E-state index is -0.971. The second kappa shape index (κ2) is 4.60.